The molecule has 0 saturated heterocycles. The zero-order chi connectivity index (χ0) is 66.7. The van der Waals surface area contributed by atoms with Crippen LogP contribution in [0.15, 0.2) is 64.0 Å². The number of rotatable bonds is 18. The molecule has 1 aliphatic carbocycles. The Labute approximate surface area is 563 Å². The van der Waals surface area contributed by atoms with E-state index < -0.39 is 84.3 Å². The molecule has 8 aromatic rings. The van der Waals surface area contributed by atoms with Crippen LogP contribution in [0.1, 0.15) is 170 Å². The molecule has 94 heavy (non-hydrogen) atoms. The molecule has 1 aliphatic heterocycles. The van der Waals surface area contributed by atoms with E-state index in [1.54, 1.807) is 70.9 Å². The van der Waals surface area contributed by atoms with Crippen LogP contribution in [-0.4, -0.2) is 131 Å². The van der Waals surface area contributed by atoms with Gasteiger partial charge >= 0.3 is 18.0 Å². The highest BCUT2D eigenvalue weighted by Gasteiger charge is 2.35. The molecule has 1 fully saturated rings. The molecule has 494 valence electrons. The zero-order valence-corrected chi connectivity index (χ0v) is 56.6. The molecule has 25 nitrogen and oxygen atoms in total. The van der Waals surface area contributed by atoms with Gasteiger partial charge in [0.1, 0.15) is 83.3 Å². The highest BCUT2D eigenvalue weighted by Crippen LogP contribution is 2.41. The lowest BCUT2D eigenvalue weighted by Crippen LogP contribution is -2.40. The molecular weight excluding hydrogens is 1330 g/mol. The first-order valence-electron chi connectivity index (χ1n) is 30.3. The molecule has 1 unspecified atom stereocenters. The number of aryl methyl sites for hydroxylation is 1. The molecule has 8 heterocycles. The van der Waals surface area contributed by atoms with Gasteiger partial charge in [-0.3, -0.25) is 38.5 Å². The average molecular weight is 1390 g/mol. The van der Waals surface area contributed by atoms with Crippen molar-refractivity contribution < 1.29 is 63.1 Å². The van der Waals surface area contributed by atoms with Crippen molar-refractivity contribution in [3.63, 3.8) is 0 Å². The van der Waals surface area contributed by atoms with Gasteiger partial charge in [0.05, 0.1) is 47.1 Å². The fourth-order valence-electron chi connectivity index (χ4n) is 10.8. The van der Waals surface area contributed by atoms with Crippen LogP contribution < -0.4 is 26.2 Å². The predicted molar refractivity (Wildman–Crippen MR) is 356 cm³/mol. The number of carbonyl (C=O) groups excluding carboxylic acids is 6. The molecule has 31 heteroatoms. The normalized spacial score (nSPS) is 18.4. The number of carboxylic acids is 2. The molecule has 1 saturated carbocycles. The largest absolute Gasteiger partial charge is 0.481 e. The number of benzene rings is 1. The van der Waals surface area contributed by atoms with Crippen LogP contribution in [0, 0.1) is 18.8 Å². The van der Waals surface area contributed by atoms with E-state index in [1.807, 2.05) is 13.8 Å². The molecule has 0 radical (unpaired) electrons. The first kappa shape index (κ1) is 68.7. The molecule has 2 aliphatic rings. The Balaban J connectivity index is 1.03. The van der Waals surface area contributed by atoms with E-state index in [0.29, 0.717) is 125 Å². The number of amides is 5. The van der Waals surface area contributed by atoms with Crippen molar-refractivity contribution in [1.82, 2.24) is 56.2 Å². The van der Waals surface area contributed by atoms with Gasteiger partial charge in [-0.05, 0) is 69.1 Å². The topological polar surface area (TPSA) is 357 Å². The van der Waals surface area contributed by atoms with E-state index in [9.17, 15) is 53.7 Å². The lowest BCUT2D eigenvalue weighted by Gasteiger charge is -2.28. The number of nitrogens with zero attached hydrogens (tertiary/aromatic N) is 8. The maximum Gasteiger partial charge on any atom is 0.415 e. The molecular formula is C63H68N12O13S6. The van der Waals surface area contributed by atoms with Crippen LogP contribution in [0.4, 0.5) is 10.6 Å². The standard InChI is InChI=1S/C63H68N12O13S6/c1-31(2)37-23-43(76)49-32(3)93-60(73-49)39(24-46(77)64-4)67-54(82)41-28-89-56(69-41)36-20-21-38(58-71-45(30-92-58)75(22-12-7-6-11-15-48(79)80)63(86)88-35-18-16-34(17-19-35)62(84)85)66-50(36)40-27-90-59(68-40)42-29-91-61(70-42)52(53(81)33-13-9-8-10-14-33)72-47(78)25-65-55(83)51-44(26-87-5)94-57(37)74-51/h8-10,13-14,20-21,27-31,34-35,37,39,52-53,81H,6-7,11-12,15-19,22-26H2,1-5H3,(H,64,77)(H,65,83)(H,67,82)(H,72,78)(H,79,80)(H,84,85)/t34?,35?,37?,39-,52-,53-/m0/s1. The van der Waals surface area contributed by atoms with Crippen LogP contribution in [0.2, 0.25) is 0 Å². The molecule has 7 aromatic heterocycles. The summed E-state index contributed by atoms with van der Waals surface area (Å²) >= 11 is 7.20. The Bertz CT molecular complexity index is 4060. The van der Waals surface area contributed by atoms with E-state index in [2.05, 4.69) is 21.3 Å². The fourth-order valence-corrected chi connectivity index (χ4v) is 16.4. The number of fused-ring (bicyclic) bond motifs is 14. The summed E-state index contributed by atoms with van der Waals surface area (Å²) in [7, 11) is 2.95. The molecule has 10 rings (SSSR count). The number of anilines is 1. The molecule has 0 spiro atoms. The van der Waals surface area contributed by atoms with Crippen LogP contribution in [0.25, 0.3) is 43.4 Å². The van der Waals surface area contributed by atoms with Crippen LogP contribution in [0.5, 0.6) is 0 Å². The van der Waals surface area contributed by atoms with E-state index >= 15 is 0 Å². The minimum atomic E-state index is -1.30. The fraction of sp³-hybridized carbons (Fsp3) is 0.413. The molecule has 1 aromatic carbocycles. The number of ether oxygens (including phenoxy) is 2. The van der Waals surface area contributed by atoms with E-state index in [1.165, 1.54) is 75.7 Å². The minimum Gasteiger partial charge on any atom is -0.481 e. The van der Waals surface area contributed by atoms with Gasteiger partial charge in [0, 0.05) is 71.4 Å². The lowest BCUT2D eigenvalue weighted by atomic mass is 9.87. The average Bonchev–Trinajstić information content (AvgIpc) is 1.62. The first-order valence-corrected chi connectivity index (χ1v) is 35.5. The first-order chi connectivity index (χ1) is 45.2. The summed E-state index contributed by atoms with van der Waals surface area (Å²) < 4.78 is 11.5. The van der Waals surface area contributed by atoms with E-state index in [4.69, 9.17) is 44.4 Å². The van der Waals surface area contributed by atoms with Gasteiger partial charge in [-0.25, -0.2) is 39.7 Å². The molecule has 4 atom stereocenters. The van der Waals surface area contributed by atoms with Crippen LogP contribution in [-0.2, 0) is 35.3 Å². The third-order valence-electron chi connectivity index (χ3n) is 15.9. The summed E-state index contributed by atoms with van der Waals surface area (Å²) in [5.41, 5.74) is 2.65. The number of thiazole rings is 6. The number of hydrogen-bond donors (Lipinski definition) is 7. The Kier molecular flexibility index (Phi) is 22.9. The monoisotopic (exact) mass is 1390 g/mol. The summed E-state index contributed by atoms with van der Waals surface area (Å²) in [5.74, 6) is -5.30. The highest BCUT2D eigenvalue weighted by atomic mass is 32.1. The number of aliphatic carboxylic acids is 2. The Morgan fingerprint density at radius 3 is 2.15 bits per heavy atom. The summed E-state index contributed by atoms with van der Waals surface area (Å²) in [4.78, 5) is 144. The molecule has 5 amide bonds. The van der Waals surface area contributed by atoms with Gasteiger partial charge in [-0.15, -0.1) is 68.0 Å². The number of aliphatic hydroxyl groups is 1. The smallest absolute Gasteiger partial charge is 0.415 e. The van der Waals surface area contributed by atoms with Crippen molar-refractivity contribution in [1.29, 1.82) is 0 Å². The number of hydrogen-bond acceptors (Lipinski definition) is 24. The second-order valence-corrected chi connectivity index (χ2v) is 28.6. The van der Waals surface area contributed by atoms with Crippen LogP contribution in [0.3, 0.4) is 0 Å². The van der Waals surface area contributed by atoms with Crippen molar-refractivity contribution in [3.05, 3.63) is 111 Å². The summed E-state index contributed by atoms with van der Waals surface area (Å²) in [6.45, 7) is 5.31. The number of methoxy groups -OCH3 is 1. The maximum absolute atomic E-state index is 14.5. The van der Waals surface area contributed by atoms with Gasteiger partial charge in [0.25, 0.3) is 11.8 Å². The van der Waals surface area contributed by atoms with Gasteiger partial charge in [-0.2, -0.15) is 0 Å². The Morgan fingerprint density at radius 1 is 0.713 bits per heavy atom. The van der Waals surface area contributed by atoms with Gasteiger partial charge < -0.3 is 46.1 Å². The zero-order valence-electron chi connectivity index (χ0n) is 51.7. The predicted octanol–water partition coefficient (Wildman–Crippen LogP) is 10.8. The van der Waals surface area contributed by atoms with Gasteiger partial charge in [0.15, 0.2) is 5.78 Å². The number of carbonyl (C=O) groups is 8. The molecule has 7 N–H and O–H groups in total. The number of nitrogens with one attached hydrogen (secondary N) is 4. The van der Waals surface area contributed by atoms with Crippen molar-refractivity contribution in [2.75, 3.05) is 32.1 Å². The second kappa shape index (κ2) is 31.4. The van der Waals surface area contributed by atoms with Crippen LogP contribution >= 0.6 is 68.0 Å². The summed E-state index contributed by atoms with van der Waals surface area (Å²) in [6, 6.07) is 10.2. The third kappa shape index (κ3) is 16.7. The Morgan fingerprint density at radius 2 is 1.41 bits per heavy atom. The number of unbranched alkanes of at least 4 members (excludes halogenated alkanes) is 3. The summed E-state index contributed by atoms with van der Waals surface area (Å²) in [6.07, 6.45) is 1.07. The van der Waals surface area contributed by atoms with Crippen molar-refractivity contribution in [2.45, 2.75) is 128 Å². The number of Topliss-reactive ketones (excluding diaryl/α,β-unsaturated/α-hetero) is 1. The highest BCUT2D eigenvalue weighted by molar-refractivity contribution is 7.15. The SMILES string of the molecule is CNC(=O)C[C@@H]1NC(=O)c2csc(n2)-c2ccc(-c3nc(N(CCCCCCC(=O)O)C(=O)OC4CCC(C(=O)O)CC4)cs3)nc2-c2csc(n2)-c2csc(n2)[C@H]([C@@H](O)c2ccccc2)NC(=O)CNC(=O)c2nc(sc2COC)C(C(C)C)CC(=O)c2nc1sc2C. The minimum absolute atomic E-state index is 0.0104. The second-order valence-electron chi connectivity index (χ2n) is 22.8. The van der Waals surface area contributed by atoms with Gasteiger partial charge in [-0.1, -0.05) is 57.0 Å². The third-order valence-corrected chi connectivity index (χ3v) is 21.7. The number of carboxylic acid groups (broad SMARTS) is 2. The number of aliphatic hydroxyl groups excluding tert-OH is 1. The van der Waals surface area contributed by atoms with Gasteiger partial charge in [0.2, 0.25) is 11.8 Å². The summed E-state index contributed by atoms with van der Waals surface area (Å²) in [5, 5.41) is 51.1. The van der Waals surface area contributed by atoms with Crippen molar-refractivity contribution in [2.24, 2.45) is 11.8 Å². The Hall–Kier alpha value is -8.17. The van der Waals surface area contributed by atoms with E-state index in [0.717, 1.165) is 11.3 Å². The number of aromatic nitrogens is 7. The molecule has 10 bridgehead atoms. The van der Waals surface area contributed by atoms with E-state index in [-0.39, 0.29) is 67.0 Å². The number of ketones is 1. The lowest BCUT2D eigenvalue weighted by molar-refractivity contribution is -0.143. The number of pyridine rings is 1. The quantitative estimate of drug-likeness (QED) is 0.0392. The maximum atomic E-state index is 14.5. The van der Waals surface area contributed by atoms with Crippen molar-refractivity contribution >= 4 is 121 Å². The van der Waals surface area contributed by atoms with Crippen molar-refractivity contribution in [3.8, 4) is 43.4 Å².